The molecule has 1 rings (SSSR count). The Balaban J connectivity index is 2.56. The van der Waals surface area contributed by atoms with Gasteiger partial charge in [0.2, 0.25) is 5.91 Å². The molecular weight excluding hydrogens is 336 g/mol. The molecule has 2 N–H and O–H groups in total. The predicted molar refractivity (Wildman–Crippen MR) is 99.6 cm³/mol. The molecule has 7 nitrogen and oxygen atoms in total. The minimum Gasteiger partial charge on any atom is -0.463 e. The van der Waals surface area contributed by atoms with Crippen molar-refractivity contribution >= 4 is 29.7 Å². The van der Waals surface area contributed by atoms with Crippen LogP contribution in [0, 0.1) is 0 Å². The molecular formula is C19H26N2O5. The Morgan fingerprint density at radius 3 is 2.31 bits per heavy atom. The quantitative estimate of drug-likeness (QED) is 0.599. The van der Waals surface area contributed by atoms with Crippen molar-refractivity contribution in [3.05, 3.63) is 35.9 Å². The van der Waals surface area contributed by atoms with E-state index in [-0.39, 0.29) is 5.91 Å². The summed E-state index contributed by atoms with van der Waals surface area (Å²) in [6.07, 6.45) is 2.31. The van der Waals surface area contributed by atoms with Crippen molar-refractivity contribution in [2.24, 2.45) is 0 Å². The highest BCUT2D eigenvalue weighted by Crippen LogP contribution is 2.12. The van der Waals surface area contributed by atoms with Crippen molar-refractivity contribution < 1.29 is 23.9 Å². The molecule has 0 bridgehead atoms. The molecule has 0 aromatic heterocycles. The van der Waals surface area contributed by atoms with Crippen LogP contribution in [-0.4, -0.2) is 36.2 Å². The van der Waals surface area contributed by atoms with Gasteiger partial charge in [-0.25, -0.2) is 9.59 Å². The molecule has 0 saturated carbocycles. The average molecular weight is 362 g/mol. The number of esters is 1. The van der Waals surface area contributed by atoms with Crippen LogP contribution in [0.4, 0.5) is 10.5 Å². The Labute approximate surface area is 153 Å². The lowest BCUT2D eigenvalue weighted by molar-refractivity contribution is -0.137. The fourth-order valence-corrected chi connectivity index (χ4v) is 1.83. The molecule has 1 atom stereocenters. The number of nitrogens with one attached hydrogen (secondary N) is 2. The maximum atomic E-state index is 12.1. The Kier molecular flexibility index (Phi) is 7.83. The van der Waals surface area contributed by atoms with Gasteiger partial charge in [-0.3, -0.25) is 4.79 Å². The molecule has 0 fully saturated rings. The topological polar surface area (TPSA) is 93.7 Å². The summed E-state index contributed by atoms with van der Waals surface area (Å²) in [7, 11) is 0. The Morgan fingerprint density at radius 1 is 1.15 bits per heavy atom. The Bertz CT molecular complexity index is 660. The van der Waals surface area contributed by atoms with Crippen molar-refractivity contribution in [2.75, 3.05) is 11.9 Å². The number of anilines is 1. The first-order valence-corrected chi connectivity index (χ1v) is 8.36. The minimum atomic E-state index is -0.756. The van der Waals surface area contributed by atoms with Crippen molar-refractivity contribution in [3.63, 3.8) is 0 Å². The first kappa shape index (κ1) is 21.2. The number of alkyl carbamates (subject to hydrolysis) is 1. The van der Waals surface area contributed by atoms with Crippen LogP contribution in [0.2, 0.25) is 0 Å². The lowest BCUT2D eigenvalue weighted by Crippen LogP contribution is -2.43. The smallest absolute Gasteiger partial charge is 0.408 e. The van der Waals surface area contributed by atoms with E-state index in [1.165, 1.54) is 6.08 Å². The Morgan fingerprint density at radius 2 is 1.77 bits per heavy atom. The molecule has 142 valence electrons. The third-order valence-electron chi connectivity index (χ3n) is 3.00. The summed E-state index contributed by atoms with van der Waals surface area (Å²) in [6.45, 7) is 8.86. The highest BCUT2D eigenvalue weighted by Gasteiger charge is 2.21. The van der Waals surface area contributed by atoms with E-state index in [9.17, 15) is 14.4 Å². The lowest BCUT2D eigenvalue weighted by atomic mass is 10.2. The molecule has 0 radical (unpaired) electrons. The number of ether oxygens (including phenoxy) is 2. The van der Waals surface area contributed by atoms with Gasteiger partial charge in [0.15, 0.2) is 0 Å². The largest absolute Gasteiger partial charge is 0.463 e. The fourth-order valence-electron chi connectivity index (χ4n) is 1.83. The number of hydrogen-bond acceptors (Lipinski definition) is 5. The van der Waals surface area contributed by atoms with E-state index in [0.717, 1.165) is 5.56 Å². The van der Waals surface area contributed by atoms with E-state index in [2.05, 4.69) is 10.6 Å². The number of amides is 2. The maximum Gasteiger partial charge on any atom is 0.408 e. The van der Waals surface area contributed by atoms with Crippen molar-refractivity contribution in [2.45, 2.75) is 46.3 Å². The molecule has 26 heavy (non-hydrogen) atoms. The van der Waals surface area contributed by atoms with E-state index >= 15 is 0 Å². The molecule has 0 heterocycles. The number of benzene rings is 1. The van der Waals surface area contributed by atoms with Crippen molar-refractivity contribution in [3.8, 4) is 0 Å². The van der Waals surface area contributed by atoms with E-state index in [1.54, 1.807) is 65.0 Å². The van der Waals surface area contributed by atoms with Crippen LogP contribution in [0.5, 0.6) is 0 Å². The summed E-state index contributed by atoms with van der Waals surface area (Å²) in [4.78, 5) is 35.1. The van der Waals surface area contributed by atoms with Crippen molar-refractivity contribution in [1.82, 2.24) is 5.32 Å². The van der Waals surface area contributed by atoms with Gasteiger partial charge in [-0.15, -0.1) is 0 Å². The summed E-state index contributed by atoms with van der Waals surface area (Å²) in [5.41, 5.74) is 0.727. The molecule has 0 saturated heterocycles. The molecule has 0 spiro atoms. The first-order valence-electron chi connectivity index (χ1n) is 8.36. The normalized spacial score (nSPS) is 12.3. The zero-order valence-electron chi connectivity index (χ0n) is 15.8. The second-order valence-electron chi connectivity index (χ2n) is 6.56. The van der Waals surface area contributed by atoms with Gasteiger partial charge in [0.25, 0.3) is 0 Å². The van der Waals surface area contributed by atoms with Crippen LogP contribution in [0.1, 0.15) is 40.2 Å². The highest BCUT2D eigenvalue weighted by atomic mass is 16.6. The molecule has 0 unspecified atom stereocenters. The van der Waals surface area contributed by atoms with E-state index in [0.29, 0.717) is 12.3 Å². The summed E-state index contributed by atoms with van der Waals surface area (Å²) < 4.78 is 9.91. The highest BCUT2D eigenvalue weighted by molar-refractivity contribution is 5.96. The zero-order valence-corrected chi connectivity index (χ0v) is 15.8. The van der Waals surface area contributed by atoms with Gasteiger partial charge in [-0.05, 0) is 58.4 Å². The fraction of sp³-hybridized carbons (Fsp3) is 0.421. The van der Waals surface area contributed by atoms with Gasteiger partial charge in [0.05, 0.1) is 6.61 Å². The molecule has 0 aliphatic rings. The molecule has 1 aromatic rings. The molecule has 0 aliphatic heterocycles. The zero-order chi connectivity index (χ0) is 19.7. The van der Waals surface area contributed by atoms with Gasteiger partial charge in [-0.2, -0.15) is 0 Å². The second kappa shape index (κ2) is 9.60. The van der Waals surface area contributed by atoms with Crippen LogP contribution in [0.3, 0.4) is 0 Å². The van der Waals surface area contributed by atoms with Gasteiger partial charge >= 0.3 is 12.1 Å². The number of rotatable bonds is 6. The van der Waals surface area contributed by atoms with Crippen LogP contribution >= 0.6 is 0 Å². The minimum absolute atomic E-state index is 0.323. The monoisotopic (exact) mass is 362 g/mol. The average Bonchev–Trinajstić information content (AvgIpc) is 2.52. The van der Waals surface area contributed by atoms with E-state index in [4.69, 9.17) is 9.47 Å². The van der Waals surface area contributed by atoms with Crippen LogP contribution in [0.25, 0.3) is 6.08 Å². The SMILES string of the molecule is CCOC(=O)/C=C/c1ccc(NC(=O)[C@H](C)NC(=O)OC(C)(C)C)cc1. The summed E-state index contributed by atoms with van der Waals surface area (Å²) in [5, 5.41) is 5.17. The predicted octanol–water partition coefficient (Wildman–Crippen LogP) is 3.11. The summed E-state index contributed by atoms with van der Waals surface area (Å²) in [5.74, 6) is -0.780. The molecule has 2 amide bonds. The summed E-state index contributed by atoms with van der Waals surface area (Å²) in [6, 6.07) is 6.13. The second-order valence-corrected chi connectivity index (χ2v) is 6.56. The van der Waals surface area contributed by atoms with E-state index < -0.39 is 23.7 Å². The van der Waals surface area contributed by atoms with Crippen LogP contribution in [-0.2, 0) is 19.1 Å². The number of hydrogen-bond donors (Lipinski definition) is 2. The van der Waals surface area contributed by atoms with E-state index in [1.807, 2.05) is 0 Å². The molecule has 7 heteroatoms. The van der Waals surface area contributed by atoms with Crippen LogP contribution in [0.15, 0.2) is 30.3 Å². The van der Waals surface area contributed by atoms with Gasteiger partial charge in [0.1, 0.15) is 11.6 Å². The molecule has 0 aliphatic carbocycles. The summed E-state index contributed by atoms with van der Waals surface area (Å²) >= 11 is 0. The third-order valence-corrected chi connectivity index (χ3v) is 3.00. The Hall–Kier alpha value is -2.83. The van der Waals surface area contributed by atoms with Gasteiger partial charge in [-0.1, -0.05) is 12.1 Å². The standard InChI is InChI=1S/C19H26N2O5/c1-6-25-16(22)12-9-14-7-10-15(11-8-14)21-17(23)13(2)20-18(24)26-19(3,4)5/h7-13H,6H2,1-5H3,(H,20,24)(H,21,23)/b12-9+/t13-/m0/s1. The van der Waals surface area contributed by atoms with Crippen molar-refractivity contribution in [1.29, 1.82) is 0 Å². The molecule has 1 aromatic carbocycles. The lowest BCUT2D eigenvalue weighted by Gasteiger charge is -2.21. The van der Waals surface area contributed by atoms with Gasteiger partial charge in [0, 0.05) is 11.8 Å². The maximum absolute atomic E-state index is 12.1. The van der Waals surface area contributed by atoms with Crippen LogP contribution < -0.4 is 10.6 Å². The third kappa shape index (κ3) is 8.32. The first-order chi connectivity index (χ1) is 12.1. The number of carbonyl (C=O) groups is 3. The van der Waals surface area contributed by atoms with Gasteiger partial charge < -0.3 is 20.1 Å². The number of carbonyl (C=O) groups excluding carboxylic acids is 3.